The largest absolute Gasteiger partial charge is 0.481 e. The molecule has 3 rings (SSSR count). The smallest absolute Gasteiger partial charge is 0.309 e. The van der Waals surface area contributed by atoms with Gasteiger partial charge in [0.15, 0.2) is 0 Å². The van der Waals surface area contributed by atoms with E-state index in [2.05, 4.69) is 64.3 Å². The molecule has 0 atom stereocenters. The number of hydrogen-bond acceptors (Lipinski definition) is 5. The summed E-state index contributed by atoms with van der Waals surface area (Å²) in [6.07, 6.45) is 9.82. The summed E-state index contributed by atoms with van der Waals surface area (Å²) in [5, 5.41) is 30.8. The van der Waals surface area contributed by atoms with Crippen molar-refractivity contribution in [1.29, 1.82) is 5.26 Å². The Bertz CT molecular complexity index is 1500. The molecule has 0 spiro atoms. The fourth-order valence-electron chi connectivity index (χ4n) is 6.31. The molecule has 0 radical (unpaired) electrons. The number of nitrogens with two attached hydrogens (primary N) is 1. The van der Waals surface area contributed by atoms with Crippen LogP contribution in [0.5, 0.6) is 0 Å². The first kappa shape index (κ1) is 38.4. The Morgan fingerprint density at radius 1 is 1.11 bits per heavy atom. The molecular weight excluding hydrogens is 595 g/mol. The van der Waals surface area contributed by atoms with Crippen molar-refractivity contribution in [1.82, 2.24) is 4.90 Å². The van der Waals surface area contributed by atoms with Gasteiger partial charge < -0.3 is 20.4 Å². The zero-order valence-corrected chi connectivity index (χ0v) is 29.7. The monoisotopic (exact) mass is 646 g/mol. The number of carboxylic acids is 2. The lowest BCUT2D eigenvalue weighted by atomic mass is 9.71. The van der Waals surface area contributed by atoms with Crippen molar-refractivity contribution in [2.45, 2.75) is 86.0 Å². The van der Waals surface area contributed by atoms with Crippen molar-refractivity contribution in [2.24, 2.45) is 10.8 Å². The number of thioether (sulfide) groups is 1. The molecule has 4 N–H and O–H groups in total. The van der Waals surface area contributed by atoms with Gasteiger partial charge in [0.25, 0.3) is 0 Å². The Morgan fingerprint density at radius 3 is 2.35 bits per heavy atom. The summed E-state index contributed by atoms with van der Waals surface area (Å²) in [5.74, 6) is -1.16. The van der Waals surface area contributed by atoms with Gasteiger partial charge in [0.2, 0.25) is 0 Å². The lowest BCUT2D eigenvalue weighted by molar-refractivity contribution is -0.572. The van der Waals surface area contributed by atoms with Gasteiger partial charge in [0.05, 0.1) is 30.4 Å². The fraction of sp³-hybridized carbons (Fsp3) is 0.447. The predicted octanol–water partition coefficient (Wildman–Crippen LogP) is 8.15. The predicted molar refractivity (Wildman–Crippen MR) is 188 cm³/mol. The molecule has 248 valence electrons. The SMILES string of the molecule is C=CC1=C(/C=C\C)C(C)(C)/C(=C(/C)C2=C/C(=C(\C#N)CSc3ccccc3[NH2+]CCC(=O)O)CC(C)(C)C2)N1CCC(=O)O.CC. The maximum absolute atomic E-state index is 11.6. The molecule has 1 heterocycles. The highest BCUT2D eigenvalue weighted by atomic mass is 32.2. The zero-order valence-electron chi connectivity index (χ0n) is 28.9. The van der Waals surface area contributed by atoms with E-state index in [0.717, 1.165) is 62.7 Å². The van der Waals surface area contributed by atoms with Gasteiger partial charge >= 0.3 is 11.9 Å². The molecule has 0 unspecified atom stereocenters. The van der Waals surface area contributed by atoms with Crippen LogP contribution in [0.25, 0.3) is 0 Å². The van der Waals surface area contributed by atoms with Gasteiger partial charge in [-0.3, -0.25) is 9.59 Å². The maximum Gasteiger partial charge on any atom is 0.309 e. The number of nitriles is 1. The second-order valence-corrected chi connectivity index (χ2v) is 13.7. The zero-order chi connectivity index (χ0) is 34.7. The first-order valence-electron chi connectivity index (χ1n) is 16.1. The molecule has 0 saturated heterocycles. The molecule has 0 amide bonds. The first-order valence-corrected chi connectivity index (χ1v) is 17.0. The van der Waals surface area contributed by atoms with Crippen molar-refractivity contribution in [3.8, 4) is 6.07 Å². The highest BCUT2D eigenvalue weighted by Gasteiger charge is 2.42. The number of carbonyl (C=O) groups is 2. The third-order valence-electron chi connectivity index (χ3n) is 8.24. The Kier molecular flexibility index (Phi) is 14.4. The molecule has 1 aromatic rings. The second kappa shape index (κ2) is 17.2. The van der Waals surface area contributed by atoms with Crippen LogP contribution in [0.15, 0.2) is 99.3 Å². The normalized spacial score (nSPS) is 19.2. The summed E-state index contributed by atoms with van der Waals surface area (Å²) < 4.78 is 0. The average molecular weight is 647 g/mol. The molecule has 46 heavy (non-hydrogen) atoms. The summed E-state index contributed by atoms with van der Waals surface area (Å²) in [5.41, 5.74) is 7.65. The Morgan fingerprint density at radius 2 is 1.76 bits per heavy atom. The standard InChI is InChI=1S/C36H45N3O4S.C2H6/c1-8-12-28-30(9-2)39(18-16-33(42)43)34(36(28,6)7)24(3)25-19-26(21-35(4,5)20-25)27(22-37)23-44-31-14-11-10-13-29(31)38-17-15-32(40)41;1-2/h8-14,19,38H,2,15-18,20-21,23H2,1,3-7H3,(H,40,41)(H,42,43);1-2H3/p+1/b12-8-,27-26-,34-24+;. The molecule has 7 nitrogen and oxygen atoms in total. The first-order chi connectivity index (χ1) is 21.7. The van der Waals surface area contributed by atoms with E-state index in [1.165, 1.54) is 0 Å². The lowest BCUT2D eigenvalue weighted by Gasteiger charge is -2.36. The van der Waals surface area contributed by atoms with Crippen molar-refractivity contribution in [3.63, 3.8) is 0 Å². The quantitative estimate of drug-likeness (QED) is 0.112. The van der Waals surface area contributed by atoms with Crippen LogP contribution < -0.4 is 5.32 Å². The van der Waals surface area contributed by atoms with Crippen LogP contribution in [-0.4, -0.2) is 45.9 Å². The molecule has 1 aliphatic carbocycles. The second-order valence-electron chi connectivity index (χ2n) is 12.7. The third kappa shape index (κ3) is 9.60. The average Bonchev–Trinajstić information content (AvgIpc) is 3.21. The van der Waals surface area contributed by atoms with Crippen LogP contribution >= 0.6 is 11.8 Å². The summed E-state index contributed by atoms with van der Waals surface area (Å²) in [7, 11) is 0. The third-order valence-corrected chi connectivity index (χ3v) is 9.35. The number of allylic oxidation sites excluding steroid dienone is 8. The minimum absolute atomic E-state index is 0.00796. The molecule has 2 aliphatic rings. The Labute approximate surface area is 280 Å². The molecule has 1 aliphatic heterocycles. The minimum Gasteiger partial charge on any atom is -0.481 e. The van der Waals surface area contributed by atoms with Crippen molar-refractivity contribution in [3.05, 3.63) is 94.4 Å². The van der Waals surface area contributed by atoms with Gasteiger partial charge in [-0.05, 0) is 66.5 Å². The molecule has 0 fully saturated rings. The fourth-order valence-corrected chi connectivity index (χ4v) is 7.36. The van der Waals surface area contributed by atoms with Crippen molar-refractivity contribution in [2.75, 3.05) is 18.8 Å². The van der Waals surface area contributed by atoms with E-state index >= 15 is 0 Å². The summed E-state index contributed by atoms with van der Waals surface area (Å²) >= 11 is 1.60. The van der Waals surface area contributed by atoms with Crippen LogP contribution in [0, 0.1) is 22.2 Å². The highest BCUT2D eigenvalue weighted by Crippen LogP contribution is 2.52. The Balaban J connectivity index is 0.00000361. The van der Waals surface area contributed by atoms with Crippen LogP contribution in [0.2, 0.25) is 0 Å². The number of benzene rings is 1. The van der Waals surface area contributed by atoms with Crippen molar-refractivity contribution < 1.29 is 25.1 Å². The van der Waals surface area contributed by atoms with E-state index in [-0.39, 0.29) is 23.7 Å². The van der Waals surface area contributed by atoms with Crippen LogP contribution in [-0.2, 0) is 9.59 Å². The van der Waals surface area contributed by atoms with Crippen LogP contribution in [0.4, 0.5) is 5.69 Å². The maximum atomic E-state index is 11.6. The summed E-state index contributed by atoms with van der Waals surface area (Å²) in [6.45, 7) is 21.8. The number of quaternary nitrogens is 1. The molecule has 0 saturated carbocycles. The molecule has 8 heteroatoms. The number of para-hydroxylation sites is 1. The van der Waals surface area contributed by atoms with E-state index in [0.29, 0.717) is 18.8 Å². The topological polar surface area (TPSA) is 118 Å². The van der Waals surface area contributed by atoms with E-state index in [9.17, 15) is 20.0 Å². The lowest BCUT2D eigenvalue weighted by Crippen LogP contribution is -2.78. The Hall–Kier alpha value is -3.80. The van der Waals surface area contributed by atoms with E-state index in [1.807, 2.05) is 62.5 Å². The number of hydrogen-bond donors (Lipinski definition) is 3. The van der Waals surface area contributed by atoms with E-state index in [1.54, 1.807) is 11.8 Å². The molecule has 0 bridgehead atoms. The number of aliphatic carboxylic acids is 2. The molecular formula is C38H52N3O4S+. The van der Waals surface area contributed by atoms with Crippen molar-refractivity contribution >= 4 is 29.4 Å². The van der Waals surface area contributed by atoms with Gasteiger partial charge in [0.1, 0.15) is 5.69 Å². The molecule has 0 aromatic heterocycles. The van der Waals surface area contributed by atoms with Gasteiger partial charge in [-0.2, -0.15) is 5.26 Å². The summed E-state index contributed by atoms with van der Waals surface area (Å²) in [4.78, 5) is 25.8. The minimum atomic E-state index is -0.844. The summed E-state index contributed by atoms with van der Waals surface area (Å²) in [6, 6.07) is 10.4. The van der Waals surface area contributed by atoms with Crippen LogP contribution in [0.3, 0.4) is 0 Å². The number of nitrogens with zero attached hydrogens (tertiary/aromatic N) is 2. The van der Waals surface area contributed by atoms with Crippen LogP contribution in [0.1, 0.15) is 81.1 Å². The number of rotatable bonds is 13. The van der Waals surface area contributed by atoms with E-state index in [4.69, 9.17) is 5.11 Å². The van der Waals surface area contributed by atoms with Gasteiger partial charge in [-0.25, -0.2) is 0 Å². The number of carboxylic acid groups (broad SMARTS) is 2. The highest BCUT2D eigenvalue weighted by molar-refractivity contribution is 7.99. The van der Waals surface area contributed by atoms with E-state index < -0.39 is 11.9 Å². The van der Waals surface area contributed by atoms with Gasteiger partial charge in [-0.15, -0.1) is 11.8 Å². The van der Waals surface area contributed by atoms with Gasteiger partial charge in [0, 0.05) is 40.7 Å². The molecule has 1 aromatic carbocycles. The van der Waals surface area contributed by atoms with Gasteiger partial charge in [-0.1, -0.05) is 78.5 Å².